The third-order valence-electron chi connectivity index (χ3n) is 2.13. The van der Waals surface area contributed by atoms with Crippen LogP contribution in [0.25, 0.3) is 0 Å². The molecule has 0 saturated heterocycles. The minimum Gasteiger partial charge on any atom is -0.385 e. The van der Waals surface area contributed by atoms with Crippen LogP contribution in [0.5, 0.6) is 0 Å². The zero-order valence-corrected chi connectivity index (χ0v) is 9.43. The molecule has 0 aliphatic rings. The quantitative estimate of drug-likeness (QED) is 0.615. The van der Waals surface area contributed by atoms with Crippen molar-refractivity contribution in [3.8, 4) is 0 Å². The topological polar surface area (TPSA) is 50.4 Å². The summed E-state index contributed by atoms with van der Waals surface area (Å²) in [6.45, 7) is 5.49. The Labute approximate surface area is 86.4 Å². The van der Waals surface area contributed by atoms with E-state index in [0.29, 0.717) is 13.2 Å². The molecule has 2 amide bonds. The van der Waals surface area contributed by atoms with Gasteiger partial charge in [0.2, 0.25) is 0 Å². The molecule has 0 aromatic rings. The number of hydrogen-bond acceptors (Lipinski definition) is 2. The number of rotatable bonds is 7. The van der Waals surface area contributed by atoms with Crippen molar-refractivity contribution < 1.29 is 9.53 Å². The molecule has 4 heteroatoms. The van der Waals surface area contributed by atoms with Crippen LogP contribution in [0.2, 0.25) is 0 Å². The summed E-state index contributed by atoms with van der Waals surface area (Å²) in [5.74, 6) is 0. The van der Waals surface area contributed by atoms with Crippen molar-refractivity contribution in [1.82, 2.24) is 10.6 Å². The van der Waals surface area contributed by atoms with Crippen molar-refractivity contribution in [2.24, 2.45) is 0 Å². The number of amides is 2. The summed E-state index contributed by atoms with van der Waals surface area (Å²) in [7, 11) is 1.66. The molecule has 0 heterocycles. The average Bonchev–Trinajstić information content (AvgIpc) is 2.21. The Morgan fingerprint density at radius 2 is 2.00 bits per heavy atom. The van der Waals surface area contributed by atoms with E-state index in [0.717, 1.165) is 19.3 Å². The lowest BCUT2D eigenvalue weighted by molar-refractivity contribution is 0.193. The number of hydrogen-bond donors (Lipinski definition) is 2. The van der Waals surface area contributed by atoms with Crippen molar-refractivity contribution in [3.63, 3.8) is 0 Å². The van der Waals surface area contributed by atoms with Gasteiger partial charge >= 0.3 is 6.03 Å². The van der Waals surface area contributed by atoms with E-state index in [1.165, 1.54) is 0 Å². The lowest BCUT2D eigenvalue weighted by Crippen LogP contribution is -2.42. The summed E-state index contributed by atoms with van der Waals surface area (Å²) in [4.78, 5) is 11.3. The summed E-state index contributed by atoms with van der Waals surface area (Å²) in [6.07, 6.45) is 2.80. The molecule has 2 N–H and O–H groups in total. The Bertz CT molecular complexity index is 147. The highest BCUT2D eigenvalue weighted by atomic mass is 16.5. The number of carbonyl (C=O) groups is 1. The SMILES string of the molecule is CCC(CC)NC(=O)NCCCOC. The minimum absolute atomic E-state index is 0.0743. The van der Waals surface area contributed by atoms with Gasteiger partial charge in [-0.25, -0.2) is 4.79 Å². The second-order valence-corrected chi connectivity index (χ2v) is 3.26. The normalized spacial score (nSPS) is 10.3. The number of carbonyl (C=O) groups excluding carboxylic acids is 1. The average molecular weight is 202 g/mol. The zero-order valence-electron chi connectivity index (χ0n) is 9.43. The maximum absolute atomic E-state index is 11.3. The van der Waals surface area contributed by atoms with E-state index < -0.39 is 0 Å². The zero-order chi connectivity index (χ0) is 10.8. The van der Waals surface area contributed by atoms with E-state index in [1.807, 2.05) is 0 Å². The van der Waals surface area contributed by atoms with E-state index in [-0.39, 0.29) is 12.1 Å². The lowest BCUT2D eigenvalue weighted by atomic mass is 10.2. The van der Waals surface area contributed by atoms with Crippen molar-refractivity contribution in [2.75, 3.05) is 20.3 Å². The monoisotopic (exact) mass is 202 g/mol. The molecule has 0 aliphatic carbocycles. The van der Waals surface area contributed by atoms with Gasteiger partial charge in [-0.15, -0.1) is 0 Å². The number of methoxy groups -OCH3 is 1. The summed E-state index contributed by atoms with van der Waals surface area (Å²) in [5.41, 5.74) is 0. The second-order valence-electron chi connectivity index (χ2n) is 3.26. The number of urea groups is 1. The van der Waals surface area contributed by atoms with E-state index in [1.54, 1.807) is 7.11 Å². The van der Waals surface area contributed by atoms with Gasteiger partial charge in [0.15, 0.2) is 0 Å². The first kappa shape index (κ1) is 13.2. The smallest absolute Gasteiger partial charge is 0.315 e. The highest BCUT2D eigenvalue weighted by Crippen LogP contribution is 1.94. The third kappa shape index (κ3) is 6.71. The molecule has 14 heavy (non-hydrogen) atoms. The summed E-state index contributed by atoms with van der Waals surface area (Å²) < 4.78 is 4.88. The molecule has 84 valence electrons. The molecule has 4 nitrogen and oxygen atoms in total. The first-order chi connectivity index (χ1) is 6.74. The largest absolute Gasteiger partial charge is 0.385 e. The van der Waals surface area contributed by atoms with Gasteiger partial charge in [-0.3, -0.25) is 0 Å². The summed E-state index contributed by atoms with van der Waals surface area (Å²) in [5, 5.41) is 5.69. The van der Waals surface area contributed by atoms with Crippen LogP contribution >= 0.6 is 0 Å². The van der Waals surface area contributed by atoms with Crippen LogP contribution in [0.4, 0.5) is 4.79 Å². The minimum atomic E-state index is -0.0743. The van der Waals surface area contributed by atoms with Gasteiger partial charge < -0.3 is 15.4 Å². The summed E-state index contributed by atoms with van der Waals surface area (Å²) in [6, 6.07) is 0.215. The van der Waals surface area contributed by atoms with Gasteiger partial charge in [0.25, 0.3) is 0 Å². The Morgan fingerprint density at radius 3 is 2.50 bits per heavy atom. The molecular formula is C10H22N2O2. The summed E-state index contributed by atoms with van der Waals surface area (Å²) >= 11 is 0. The van der Waals surface area contributed by atoms with Crippen LogP contribution in [0.3, 0.4) is 0 Å². The molecule has 0 aromatic heterocycles. The predicted molar refractivity (Wildman–Crippen MR) is 57.4 cm³/mol. The number of nitrogens with one attached hydrogen (secondary N) is 2. The molecule has 0 saturated carbocycles. The third-order valence-corrected chi connectivity index (χ3v) is 2.13. The van der Waals surface area contributed by atoms with Crippen molar-refractivity contribution in [3.05, 3.63) is 0 Å². The molecular weight excluding hydrogens is 180 g/mol. The maximum atomic E-state index is 11.3. The highest BCUT2D eigenvalue weighted by Gasteiger charge is 2.06. The fraction of sp³-hybridized carbons (Fsp3) is 0.900. The lowest BCUT2D eigenvalue weighted by Gasteiger charge is -2.15. The molecule has 0 rings (SSSR count). The Morgan fingerprint density at radius 1 is 1.36 bits per heavy atom. The van der Waals surface area contributed by atoms with Crippen molar-refractivity contribution in [1.29, 1.82) is 0 Å². The molecule has 0 fully saturated rings. The van der Waals surface area contributed by atoms with Crippen LogP contribution in [0.15, 0.2) is 0 Å². The van der Waals surface area contributed by atoms with Crippen LogP contribution in [-0.4, -0.2) is 32.3 Å². The van der Waals surface area contributed by atoms with Gasteiger partial charge in [0, 0.05) is 26.3 Å². The fourth-order valence-corrected chi connectivity index (χ4v) is 1.15. The van der Waals surface area contributed by atoms with Crippen LogP contribution in [0.1, 0.15) is 33.1 Å². The van der Waals surface area contributed by atoms with Gasteiger partial charge in [-0.1, -0.05) is 13.8 Å². The van der Waals surface area contributed by atoms with Crippen LogP contribution < -0.4 is 10.6 Å². The molecule has 0 unspecified atom stereocenters. The van der Waals surface area contributed by atoms with E-state index in [9.17, 15) is 4.79 Å². The van der Waals surface area contributed by atoms with Crippen molar-refractivity contribution in [2.45, 2.75) is 39.2 Å². The Balaban J connectivity index is 3.44. The van der Waals surface area contributed by atoms with Crippen LogP contribution in [-0.2, 0) is 4.74 Å². The van der Waals surface area contributed by atoms with Crippen LogP contribution in [0, 0.1) is 0 Å². The Hall–Kier alpha value is -0.770. The first-order valence-electron chi connectivity index (χ1n) is 5.27. The second kappa shape index (κ2) is 8.81. The van der Waals surface area contributed by atoms with Gasteiger partial charge in [-0.05, 0) is 19.3 Å². The van der Waals surface area contributed by atoms with Gasteiger partial charge in [0.05, 0.1) is 0 Å². The maximum Gasteiger partial charge on any atom is 0.315 e. The fourth-order valence-electron chi connectivity index (χ4n) is 1.15. The van der Waals surface area contributed by atoms with Crippen molar-refractivity contribution >= 4 is 6.03 Å². The van der Waals surface area contributed by atoms with E-state index in [4.69, 9.17) is 4.74 Å². The van der Waals surface area contributed by atoms with Gasteiger partial charge in [-0.2, -0.15) is 0 Å². The van der Waals surface area contributed by atoms with Gasteiger partial charge in [0.1, 0.15) is 0 Å². The molecule has 0 radical (unpaired) electrons. The molecule has 0 bridgehead atoms. The van der Waals surface area contributed by atoms with E-state index in [2.05, 4.69) is 24.5 Å². The first-order valence-corrected chi connectivity index (χ1v) is 5.27. The van der Waals surface area contributed by atoms with E-state index >= 15 is 0 Å². The predicted octanol–water partition coefficient (Wildman–Crippen LogP) is 1.51. The molecule has 0 spiro atoms. The molecule has 0 aromatic carbocycles. The standard InChI is InChI=1S/C10H22N2O2/c1-4-9(5-2)12-10(13)11-7-6-8-14-3/h9H,4-8H2,1-3H3,(H2,11,12,13). The number of ether oxygens (including phenoxy) is 1. The highest BCUT2D eigenvalue weighted by molar-refractivity contribution is 5.74. The molecule has 0 atom stereocenters. The molecule has 0 aliphatic heterocycles. The Kier molecular flexibility index (Phi) is 8.33.